The number of hydrogen-bond acceptors (Lipinski definition) is 4. The van der Waals surface area contributed by atoms with Gasteiger partial charge in [-0.25, -0.2) is 0 Å². The quantitative estimate of drug-likeness (QED) is 0.852. The van der Waals surface area contributed by atoms with Gasteiger partial charge in [-0.1, -0.05) is 31.8 Å². The minimum Gasteiger partial charge on any atom is -0.338 e. The van der Waals surface area contributed by atoms with Crippen molar-refractivity contribution in [3.63, 3.8) is 0 Å². The highest BCUT2D eigenvalue weighted by molar-refractivity contribution is 4.97. The lowest BCUT2D eigenvalue weighted by atomic mass is 9.82. The Hall–Kier alpha value is -0.900. The first-order valence-corrected chi connectivity index (χ1v) is 6.32. The zero-order valence-electron chi connectivity index (χ0n) is 10.2. The molecule has 2 unspecified atom stereocenters. The Kier molecular flexibility index (Phi) is 3.93. The molecule has 1 heterocycles. The van der Waals surface area contributed by atoms with E-state index >= 15 is 0 Å². The normalized spacial score (nSPS) is 25.9. The molecule has 1 aliphatic rings. The van der Waals surface area contributed by atoms with E-state index in [0.717, 1.165) is 24.2 Å². The van der Waals surface area contributed by atoms with Gasteiger partial charge in [-0.3, -0.25) is 0 Å². The van der Waals surface area contributed by atoms with Crippen LogP contribution in [-0.4, -0.2) is 16.7 Å². The molecule has 2 rings (SSSR count). The van der Waals surface area contributed by atoms with E-state index in [4.69, 9.17) is 4.52 Å². The Morgan fingerprint density at radius 2 is 2.31 bits per heavy atom. The molecule has 1 fully saturated rings. The SMILES string of the molecule is CCNCc1nc(C2CCCC(C)C2)no1. The van der Waals surface area contributed by atoms with E-state index in [2.05, 4.69) is 29.3 Å². The summed E-state index contributed by atoms with van der Waals surface area (Å²) in [5, 5.41) is 7.29. The van der Waals surface area contributed by atoms with Crippen LogP contribution in [0.25, 0.3) is 0 Å². The molecule has 4 nitrogen and oxygen atoms in total. The molecule has 90 valence electrons. The van der Waals surface area contributed by atoms with Crippen LogP contribution in [0.15, 0.2) is 4.52 Å². The van der Waals surface area contributed by atoms with Crippen molar-refractivity contribution in [3.8, 4) is 0 Å². The van der Waals surface area contributed by atoms with Crippen LogP contribution in [0.3, 0.4) is 0 Å². The average molecular weight is 223 g/mol. The summed E-state index contributed by atoms with van der Waals surface area (Å²) in [5.74, 6) is 2.95. The van der Waals surface area contributed by atoms with Gasteiger partial charge in [0.2, 0.25) is 5.89 Å². The molecule has 1 aromatic rings. The van der Waals surface area contributed by atoms with Crippen LogP contribution < -0.4 is 5.32 Å². The molecular formula is C12H21N3O. The Balaban J connectivity index is 1.95. The maximum absolute atomic E-state index is 5.23. The second-order valence-electron chi connectivity index (χ2n) is 4.80. The molecule has 1 N–H and O–H groups in total. The topological polar surface area (TPSA) is 51.0 Å². The van der Waals surface area contributed by atoms with Gasteiger partial charge in [-0.2, -0.15) is 4.98 Å². The first-order valence-electron chi connectivity index (χ1n) is 6.32. The molecule has 0 radical (unpaired) electrons. The van der Waals surface area contributed by atoms with E-state index in [-0.39, 0.29) is 0 Å². The van der Waals surface area contributed by atoms with E-state index in [1.54, 1.807) is 0 Å². The first kappa shape index (κ1) is 11.6. The zero-order valence-corrected chi connectivity index (χ0v) is 10.2. The van der Waals surface area contributed by atoms with Crippen molar-refractivity contribution in [3.05, 3.63) is 11.7 Å². The number of nitrogens with zero attached hydrogens (tertiary/aromatic N) is 2. The minimum atomic E-state index is 0.517. The van der Waals surface area contributed by atoms with Gasteiger partial charge in [0.1, 0.15) is 0 Å². The van der Waals surface area contributed by atoms with Gasteiger partial charge in [0.05, 0.1) is 6.54 Å². The molecule has 0 spiro atoms. The summed E-state index contributed by atoms with van der Waals surface area (Å²) >= 11 is 0. The van der Waals surface area contributed by atoms with Gasteiger partial charge < -0.3 is 9.84 Å². The summed E-state index contributed by atoms with van der Waals surface area (Å²) in [6, 6.07) is 0. The zero-order chi connectivity index (χ0) is 11.4. The summed E-state index contributed by atoms with van der Waals surface area (Å²) in [6.07, 6.45) is 5.06. The van der Waals surface area contributed by atoms with E-state index in [0.29, 0.717) is 12.5 Å². The van der Waals surface area contributed by atoms with Gasteiger partial charge >= 0.3 is 0 Å². The van der Waals surface area contributed by atoms with Crippen LogP contribution in [0.1, 0.15) is 57.2 Å². The second kappa shape index (κ2) is 5.43. The highest BCUT2D eigenvalue weighted by Gasteiger charge is 2.24. The molecule has 0 saturated heterocycles. The summed E-state index contributed by atoms with van der Waals surface area (Å²) in [4.78, 5) is 4.47. The second-order valence-corrected chi connectivity index (χ2v) is 4.80. The van der Waals surface area contributed by atoms with Crippen LogP contribution in [-0.2, 0) is 6.54 Å². The monoisotopic (exact) mass is 223 g/mol. The number of hydrogen-bond donors (Lipinski definition) is 1. The van der Waals surface area contributed by atoms with Gasteiger partial charge in [0.25, 0.3) is 0 Å². The molecule has 0 aromatic carbocycles. The van der Waals surface area contributed by atoms with Crippen molar-refractivity contribution in [2.45, 2.75) is 52.0 Å². The Morgan fingerprint density at radius 1 is 1.44 bits per heavy atom. The standard InChI is InChI=1S/C12H21N3O/c1-3-13-8-11-14-12(15-16-11)10-6-4-5-9(2)7-10/h9-10,13H,3-8H2,1-2H3. The van der Waals surface area contributed by atoms with Crippen molar-refractivity contribution in [1.82, 2.24) is 15.5 Å². The molecular weight excluding hydrogens is 202 g/mol. The number of nitrogens with one attached hydrogen (secondary N) is 1. The average Bonchev–Trinajstić information content (AvgIpc) is 2.75. The van der Waals surface area contributed by atoms with Crippen molar-refractivity contribution in [2.24, 2.45) is 5.92 Å². The summed E-state index contributed by atoms with van der Waals surface area (Å²) < 4.78 is 5.23. The smallest absolute Gasteiger partial charge is 0.240 e. The molecule has 4 heteroatoms. The third-order valence-corrected chi connectivity index (χ3v) is 3.31. The maximum Gasteiger partial charge on any atom is 0.240 e. The van der Waals surface area contributed by atoms with Crippen LogP contribution >= 0.6 is 0 Å². The van der Waals surface area contributed by atoms with Crippen LogP contribution in [0.4, 0.5) is 0 Å². The predicted molar refractivity (Wildman–Crippen MR) is 62.1 cm³/mol. The lowest BCUT2D eigenvalue weighted by Crippen LogP contribution is -2.14. The Bertz CT molecular complexity index is 324. The van der Waals surface area contributed by atoms with E-state index in [1.807, 2.05) is 0 Å². The van der Waals surface area contributed by atoms with E-state index in [1.165, 1.54) is 25.7 Å². The van der Waals surface area contributed by atoms with Gasteiger partial charge in [-0.15, -0.1) is 0 Å². The third kappa shape index (κ3) is 2.82. The van der Waals surface area contributed by atoms with Crippen LogP contribution in [0.5, 0.6) is 0 Å². The minimum absolute atomic E-state index is 0.517. The fraction of sp³-hybridized carbons (Fsp3) is 0.833. The molecule has 0 aliphatic heterocycles. The molecule has 0 bridgehead atoms. The highest BCUT2D eigenvalue weighted by atomic mass is 16.5. The molecule has 1 aliphatic carbocycles. The van der Waals surface area contributed by atoms with E-state index in [9.17, 15) is 0 Å². The van der Waals surface area contributed by atoms with Gasteiger partial charge in [-0.05, 0) is 25.3 Å². The predicted octanol–water partition coefficient (Wildman–Crippen LogP) is 2.47. The number of aromatic nitrogens is 2. The van der Waals surface area contributed by atoms with Crippen LogP contribution in [0, 0.1) is 5.92 Å². The highest BCUT2D eigenvalue weighted by Crippen LogP contribution is 2.34. The van der Waals surface area contributed by atoms with E-state index < -0.39 is 0 Å². The summed E-state index contributed by atoms with van der Waals surface area (Å²) in [7, 11) is 0. The molecule has 2 atom stereocenters. The lowest BCUT2D eigenvalue weighted by molar-refractivity contribution is 0.318. The van der Waals surface area contributed by atoms with Crippen molar-refractivity contribution >= 4 is 0 Å². The maximum atomic E-state index is 5.23. The van der Waals surface area contributed by atoms with Gasteiger partial charge in [0, 0.05) is 5.92 Å². The molecule has 16 heavy (non-hydrogen) atoms. The summed E-state index contributed by atoms with van der Waals surface area (Å²) in [5.41, 5.74) is 0. The van der Waals surface area contributed by atoms with Crippen molar-refractivity contribution in [2.75, 3.05) is 6.54 Å². The summed E-state index contributed by atoms with van der Waals surface area (Å²) in [6.45, 7) is 6.00. The number of rotatable bonds is 4. The Morgan fingerprint density at radius 3 is 3.06 bits per heavy atom. The van der Waals surface area contributed by atoms with Crippen molar-refractivity contribution in [1.29, 1.82) is 0 Å². The van der Waals surface area contributed by atoms with Gasteiger partial charge in [0.15, 0.2) is 5.82 Å². The Labute approximate surface area is 96.8 Å². The fourth-order valence-corrected chi connectivity index (χ4v) is 2.41. The molecule has 1 saturated carbocycles. The van der Waals surface area contributed by atoms with Crippen LogP contribution in [0.2, 0.25) is 0 Å². The molecule has 1 aromatic heterocycles. The fourth-order valence-electron chi connectivity index (χ4n) is 2.41. The third-order valence-electron chi connectivity index (χ3n) is 3.31. The first-order chi connectivity index (χ1) is 7.79. The van der Waals surface area contributed by atoms with Crippen molar-refractivity contribution < 1.29 is 4.52 Å². The lowest BCUT2D eigenvalue weighted by Gasteiger charge is -2.23. The molecule has 0 amide bonds. The largest absolute Gasteiger partial charge is 0.338 e.